The average Bonchev–Trinajstić information content (AvgIpc) is 2.37. The van der Waals surface area contributed by atoms with Gasteiger partial charge in [-0.05, 0) is 42.5 Å². The van der Waals surface area contributed by atoms with E-state index < -0.39 is 0 Å². The average molecular weight is 234 g/mol. The Hall–Kier alpha value is -1.44. The van der Waals surface area contributed by atoms with E-state index in [1.165, 1.54) is 11.1 Å². The van der Waals surface area contributed by atoms with Crippen molar-refractivity contribution in [3.63, 3.8) is 0 Å². The largest absolute Gasteiger partial charge is 0.493 e. The minimum Gasteiger partial charge on any atom is -0.493 e. The summed E-state index contributed by atoms with van der Waals surface area (Å²) in [4.78, 5) is 0. The fourth-order valence-corrected chi connectivity index (χ4v) is 1.96. The van der Waals surface area contributed by atoms with Crippen molar-refractivity contribution < 1.29 is 9.47 Å². The van der Waals surface area contributed by atoms with E-state index in [0.29, 0.717) is 0 Å². The van der Waals surface area contributed by atoms with Crippen LogP contribution in [0.1, 0.15) is 30.9 Å². The Bertz CT molecular complexity index is 369. The van der Waals surface area contributed by atoms with E-state index >= 15 is 0 Å². The molecule has 0 aliphatic heterocycles. The number of hydrogen-bond donors (Lipinski definition) is 0. The summed E-state index contributed by atoms with van der Waals surface area (Å²) in [6.07, 6.45) is 6.17. The maximum atomic E-state index is 5.34. The maximum Gasteiger partial charge on any atom is 0.161 e. The highest BCUT2D eigenvalue weighted by Crippen LogP contribution is 2.31. The molecule has 0 saturated carbocycles. The van der Waals surface area contributed by atoms with Gasteiger partial charge in [0.25, 0.3) is 0 Å². The Morgan fingerprint density at radius 1 is 1.06 bits per heavy atom. The Balaban J connectivity index is 3.09. The second kappa shape index (κ2) is 7.00. The SMILES string of the molecule is C=CCCc1cc(OC)c(OC)cc1CCC. The molecule has 0 atom stereocenters. The van der Waals surface area contributed by atoms with Gasteiger partial charge in [0.05, 0.1) is 14.2 Å². The first-order chi connectivity index (χ1) is 8.26. The standard InChI is InChI=1S/C15H22O2/c1-5-7-9-13-11-15(17-4)14(16-3)10-12(13)8-6-2/h5,10-11H,1,6-9H2,2-4H3. The van der Waals surface area contributed by atoms with E-state index in [4.69, 9.17) is 9.47 Å². The molecule has 0 fully saturated rings. The van der Waals surface area contributed by atoms with Crippen molar-refractivity contribution in [2.24, 2.45) is 0 Å². The molecule has 0 heterocycles. The molecule has 2 nitrogen and oxygen atoms in total. The monoisotopic (exact) mass is 234 g/mol. The topological polar surface area (TPSA) is 18.5 Å². The number of methoxy groups -OCH3 is 2. The number of hydrogen-bond acceptors (Lipinski definition) is 2. The molecule has 0 amide bonds. The number of allylic oxidation sites excluding steroid dienone is 1. The van der Waals surface area contributed by atoms with Crippen molar-refractivity contribution in [3.05, 3.63) is 35.9 Å². The molecule has 0 bridgehead atoms. The Labute approximate surface area is 104 Å². The van der Waals surface area contributed by atoms with Gasteiger partial charge in [0.1, 0.15) is 0 Å². The number of aryl methyl sites for hydroxylation is 2. The smallest absolute Gasteiger partial charge is 0.161 e. The van der Waals surface area contributed by atoms with Crippen molar-refractivity contribution in [1.82, 2.24) is 0 Å². The summed E-state index contributed by atoms with van der Waals surface area (Å²) in [6.45, 7) is 5.96. The molecular weight excluding hydrogens is 212 g/mol. The molecule has 0 radical (unpaired) electrons. The zero-order valence-corrected chi connectivity index (χ0v) is 11.1. The maximum absolute atomic E-state index is 5.34. The van der Waals surface area contributed by atoms with Crippen molar-refractivity contribution in [3.8, 4) is 11.5 Å². The molecule has 0 aliphatic rings. The van der Waals surface area contributed by atoms with Gasteiger partial charge < -0.3 is 9.47 Å². The van der Waals surface area contributed by atoms with E-state index in [9.17, 15) is 0 Å². The number of ether oxygens (including phenoxy) is 2. The van der Waals surface area contributed by atoms with E-state index in [0.717, 1.165) is 37.2 Å². The van der Waals surface area contributed by atoms with Crippen molar-refractivity contribution in [2.45, 2.75) is 32.6 Å². The molecule has 0 aliphatic carbocycles. The lowest BCUT2D eigenvalue weighted by Crippen LogP contribution is -1.98. The fraction of sp³-hybridized carbons (Fsp3) is 0.467. The van der Waals surface area contributed by atoms with Gasteiger partial charge in [0, 0.05) is 0 Å². The van der Waals surface area contributed by atoms with Crippen molar-refractivity contribution in [2.75, 3.05) is 14.2 Å². The number of benzene rings is 1. The van der Waals surface area contributed by atoms with Crippen LogP contribution in [0.4, 0.5) is 0 Å². The second-order valence-corrected chi connectivity index (χ2v) is 4.05. The molecular formula is C15H22O2. The van der Waals surface area contributed by atoms with Crippen molar-refractivity contribution in [1.29, 1.82) is 0 Å². The van der Waals surface area contributed by atoms with Gasteiger partial charge in [-0.1, -0.05) is 19.4 Å². The van der Waals surface area contributed by atoms with Crippen LogP contribution in [0.5, 0.6) is 11.5 Å². The van der Waals surface area contributed by atoms with Gasteiger partial charge in [-0.15, -0.1) is 6.58 Å². The molecule has 0 aromatic heterocycles. The van der Waals surface area contributed by atoms with Crippen LogP contribution in [0.3, 0.4) is 0 Å². The summed E-state index contributed by atoms with van der Waals surface area (Å²) in [5, 5.41) is 0. The third-order valence-corrected chi connectivity index (χ3v) is 2.84. The van der Waals surface area contributed by atoms with Crippen LogP contribution in [-0.2, 0) is 12.8 Å². The molecule has 2 heteroatoms. The molecule has 0 N–H and O–H groups in total. The van der Waals surface area contributed by atoms with Crippen molar-refractivity contribution >= 4 is 0 Å². The summed E-state index contributed by atoms with van der Waals surface area (Å²) in [5.74, 6) is 1.63. The molecule has 1 aromatic rings. The normalized spacial score (nSPS) is 10.1. The Morgan fingerprint density at radius 2 is 1.59 bits per heavy atom. The zero-order chi connectivity index (χ0) is 12.7. The molecule has 0 unspecified atom stereocenters. The van der Waals surface area contributed by atoms with E-state index in [1.807, 2.05) is 6.08 Å². The summed E-state index contributed by atoms with van der Waals surface area (Å²) in [5.41, 5.74) is 2.69. The summed E-state index contributed by atoms with van der Waals surface area (Å²) in [6, 6.07) is 4.19. The summed E-state index contributed by atoms with van der Waals surface area (Å²) in [7, 11) is 3.35. The summed E-state index contributed by atoms with van der Waals surface area (Å²) >= 11 is 0. The van der Waals surface area contributed by atoms with Crippen LogP contribution < -0.4 is 9.47 Å². The number of rotatable bonds is 7. The third kappa shape index (κ3) is 3.52. The van der Waals surface area contributed by atoms with Crippen LogP contribution in [0.25, 0.3) is 0 Å². The molecule has 94 valence electrons. The Kier molecular flexibility index (Phi) is 5.61. The second-order valence-electron chi connectivity index (χ2n) is 4.05. The van der Waals surface area contributed by atoms with Gasteiger partial charge in [-0.3, -0.25) is 0 Å². The minimum absolute atomic E-state index is 0.811. The van der Waals surface area contributed by atoms with E-state index in [1.54, 1.807) is 14.2 Å². The zero-order valence-electron chi connectivity index (χ0n) is 11.1. The Morgan fingerprint density at radius 3 is 2.00 bits per heavy atom. The first-order valence-corrected chi connectivity index (χ1v) is 6.11. The predicted molar refractivity (Wildman–Crippen MR) is 72.1 cm³/mol. The van der Waals surface area contributed by atoms with Gasteiger partial charge in [0.2, 0.25) is 0 Å². The van der Waals surface area contributed by atoms with Gasteiger partial charge in [0.15, 0.2) is 11.5 Å². The molecule has 17 heavy (non-hydrogen) atoms. The highest BCUT2D eigenvalue weighted by molar-refractivity contribution is 5.47. The summed E-state index contributed by atoms with van der Waals surface area (Å²) < 4.78 is 10.7. The highest BCUT2D eigenvalue weighted by Gasteiger charge is 2.10. The first kappa shape index (κ1) is 13.6. The lowest BCUT2D eigenvalue weighted by atomic mass is 9.98. The predicted octanol–water partition coefficient (Wildman–Crippen LogP) is 3.77. The molecule has 0 saturated heterocycles. The van der Waals surface area contributed by atoms with Crippen LogP contribution in [0.2, 0.25) is 0 Å². The molecule has 0 spiro atoms. The van der Waals surface area contributed by atoms with E-state index in [2.05, 4.69) is 25.6 Å². The lowest BCUT2D eigenvalue weighted by molar-refractivity contribution is 0.354. The van der Waals surface area contributed by atoms with Gasteiger partial charge in [-0.25, -0.2) is 0 Å². The van der Waals surface area contributed by atoms with E-state index in [-0.39, 0.29) is 0 Å². The minimum atomic E-state index is 0.811. The first-order valence-electron chi connectivity index (χ1n) is 6.11. The molecule has 1 aromatic carbocycles. The lowest BCUT2D eigenvalue weighted by Gasteiger charge is -2.14. The van der Waals surface area contributed by atoms with Crippen LogP contribution in [0, 0.1) is 0 Å². The fourth-order valence-electron chi connectivity index (χ4n) is 1.96. The van der Waals surface area contributed by atoms with Crippen LogP contribution in [-0.4, -0.2) is 14.2 Å². The van der Waals surface area contributed by atoms with Crippen LogP contribution in [0.15, 0.2) is 24.8 Å². The van der Waals surface area contributed by atoms with Gasteiger partial charge >= 0.3 is 0 Å². The van der Waals surface area contributed by atoms with Crippen LogP contribution >= 0.6 is 0 Å². The highest BCUT2D eigenvalue weighted by atomic mass is 16.5. The third-order valence-electron chi connectivity index (χ3n) is 2.84. The molecule has 1 rings (SSSR count). The quantitative estimate of drug-likeness (QED) is 0.668. The van der Waals surface area contributed by atoms with Gasteiger partial charge in [-0.2, -0.15) is 0 Å².